The maximum absolute atomic E-state index is 5.46. The molecule has 0 amide bonds. The summed E-state index contributed by atoms with van der Waals surface area (Å²) in [4.78, 5) is 11.8. The number of hydrogen-bond donors (Lipinski definition) is 0. The van der Waals surface area contributed by atoms with Crippen molar-refractivity contribution in [1.82, 2.24) is 24.9 Å². The molecule has 0 aliphatic heterocycles. The van der Waals surface area contributed by atoms with Gasteiger partial charge in [0, 0.05) is 25.6 Å². The molecule has 1 aliphatic rings. The van der Waals surface area contributed by atoms with E-state index in [1.165, 1.54) is 12.8 Å². The van der Waals surface area contributed by atoms with Gasteiger partial charge in [-0.15, -0.1) is 5.10 Å². The van der Waals surface area contributed by atoms with Gasteiger partial charge in [0.1, 0.15) is 23.1 Å². The molecule has 7 nitrogen and oxygen atoms in total. The van der Waals surface area contributed by atoms with Gasteiger partial charge < -0.3 is 9.42 Å². The van der Waals surface area contributed by atoms with E-state index in [2.05, 4.69) is 30.6 Å². The van der Waals surface area contributed by atoms with Crippen molar-refractivity contribution < 1.29 is 4.52 Å². The first-order valence-corrected chi connectivity index (χ1v) is 11.2. The third kappa shape index (κ3) is 4.23. The Morgan fingerprint density at radius 3 is 2.45 bits per heavy atom. The second-order valence-corrected chi connectivity index (χ2v) is 9.87. The molecule has 4 rings (SSSR count). The fourth-order valence-corrected chi connectivity index (χ4v) is 4.67. The van der Waals surface area contributed by atoms with Crippen LogP contribution in [0.2, 0.25) is 0 Å². The van der Waals surface area contributed by atoms with Gasteiger partial charge in [0.25, 0.3) is 0 Å². The highest BCUT2D eigenvalue weighted by molar-refractivity contribution is 5.54. The molecule has 1 fully saturated rings. The fraction of sp³-hybridized carbons (Fsp3) is 0.583. The summed E-state index contributed by atoms with van der Waals surface area (Å²) in [6.45, 7) is 10.9. The predicted octanol–water partition coefficient (Wildman–Crippen LogP) is 5.30. The molecule has 1 atom stereocenters. The number of anilines is 1. The first-order chi connectivity index (χ1) is 14.7. The van der Waals surface area contributed by atoms with Crippen molar-refractivity contribution in [3.8, 4) is 11.5 Å². The third-order valence-corrected chi connectivity index (χ3v) is 6.64. The molecule has 0 aromatic carbocycles. The van der Waals surface area contributed by atoms with Crippen LogP contribution in [-0.4, -0.2) is 39.0 Å². The van der Waals surface area contributed by atoms with Crippen molar-refractivity contribution in [2.24, 2.45) is 5.41 Å². The van der Waals surface area contributed by atoms with Crippen molar-refractivity contribution in [3.63, 3.8) is 0 Å². The van der Waals surface area contributed by atoms with Crippen LogP contribution in [0, 0.1) is 19.3 Å². The summed E-state index contributed by atoms with van der Waals surface area (Å²) in [5, 5.41) is 9.19. The van der Waals surface area contributed by atoms with E-state index in [0.717, 1.165) is 47.2 Å². The lowest BCUT2D eigenvalue weighted by atomic mass is 9.75. The Bertz CT molecular complexity index is 1030. The quantitative estimate of drug-likeness (QED) is 0.555. The van der Waals surface area contributed by atoms with E-state index in [-0.39, 0.29) is 5.92 Å². The van der Waals surface area contributed by atoms with Gasteiger partial charge >= 0.3 is 0 Å². The maximum Gasteiger partial charge on any atom is 0.200 e. The maximum atomic E-state index is 5.46. The monoisotopic (exact) mass is 422 g/mol. The summed E-state index contributed by atoms with van der Waals surface area (Å²) in [6, 6.07) is 6.35. The number of aryl methyl sites for hydroxylation is 2. The Morgan fingerprint density at radius 2 is 1.84 bits per heavy atom. The molecular weight excluding hydrogens is 388 g/mol. The number of nitrogens with zero attached hydrogens (tertiary/aromatic N) is 6. The predicted molar refractivity (Wildman–Crippen MR) is 122 cm³/mol. The molecular formula is C24H34N6O. The van der Waals surface area contributed by atoms with Crippen molar-refractivity contribution >= 4 is 5.82 Å². The number of rotatable bonds is 5. The van der Waals surface area contributed by atoms with E-state index in [1.807, 2.05) is 51.0 Å². The first kappa shape index (κ1) is 21.5. The molecule has 1 saturated carbocycles. The lowest BCUT2D eigenvalue weighted by Gasteiger charge is -2.35. The topological polar surface area (TPSA) is 72.9 Å². The zero-order chi connectivity index (χ0) is 22.3. The van der Waals surface area contributed by atoms with Gasteiger partial charge in [0.05, 0.1) is 11.7 Å². The van der Waals surface area contributed by atoms with E-state index in [4.69, 9.17) is 19.6 Å². The van der Waals surface area contributed by atoms with Gasteiger partial charge in [-0.05, 0) is 57.1 Å². The third-order valence-electron chi connectivity index (χ3n) is 6.64. The lowest BCUT2D eigenvalue weighted by molar-refractivity contribution is 0.183. The fourth-order valence-electron chi connectivity index (χ4n) is 4.67. The van der Waals surface area contributed by atoms with Gasteiger partial charge in [0.2, 0.25) is 0 Å². The van der Waals surface area contributed by atoms with Crippen molar-refractivity contribution in [2.45, 2.75) is 72.3 Å². The zero-order valence-corrected chi connectivity index (χ0v) is 19.8. The second-order valence-electron chi connectivity index (χ2n) is 9.87. The van der Waals surface area contributed by atoms with Gasteiger partial charge in [-0.3, -0.25) is 0 Å². The van der Waals surface area contributed by atoms with Crippen LogP contribution < -0.4 is 4.90 Å². The van der Waals surface area contributed by atoms with Crippen LogP contribution in [-0.2, 0) is 0 Å². The molecule has 0 bridgehead atoms. The standard InChI is InChI=1S/C24H34N6O/c1-15(21-16(2)28-31-17(21)3)23-26-22(19-9-8-10-20(25-19)29(6)7)27-30(23)18-11-13-24(4,5)14-12-18/h8-10,15,18H,11-14H2,1-7H3. The summed E-state index contributed by atoms with van der Waals surface area (Å²) >= 11 is 0. The Labute approximate surface area is 184 Å². The van der Waals surface area contributed by atoms with Crippen LogP contribution in [0.4, 0.5) is 5.82 Å². The molecule has 3 heterocycles. The highest BCUT2D eigenvalue weighted by Crippen LogP contribution is 2.41. The first-order valence-electron chi connectivity index (χ1n) is 11.2. The van der Waals surface area contributed by atoms with Crippen LogP contribution in [0.5, 0.6) is 0 Å². The molecule has 1 unspecified atom stereocenters. The van der Waals surface area contributed by atoms with Gasteiger partial charge in [-0.1, -0.05) is 32.0 Å². The molecule has 3 aromatic heterocycles. The highest BCUT2D eigenvalue weighted by Gasteiger charge is 2.32. The molecule has 166 valence electrons. The summed E-state index contributed by atoms with van der Waals surface area (Å²) in [5.74, 6) is 3.43. The Hall–Kier alpha value is -2.70. The average Bonchev–Trinajstić information content (AvgIpc) is 3.31. The summed E-state index contributed by atoms with van der Waals surface area (Å²) in [5.41, 5.74) is 3.22. The average molecular weight is 423 g/mol. The van der Waals surface area contributed by atoms with E-state index in [0.29, 0.717) is 17.3 Å². The van der Waals surface area contributed by atoms with Gasteiger partial charge in [0.15, 0.2) is 5.82 Å². The van der Waals surface area contributed by atoms with E-state index in [9.17, 15) is 0 Å². The minimum atomic E-state index is 0.0412. The molecule has 0 saturated heterocycles. The molecule has 0 N–H and O–H groups in total. The summed E-state index contributed by atoms with van der Waals surface area (Å²) in [7, 11) is 3.99. The summed E-state index contributed by atoms with van der Waals surface area (Å²) < 4.78 is 7.63. The molecule has 1 aliphatic carbocycles. The molecule has 7 heteroatoms. The Balaban J connectivity index is 1.78. The van der Waals surface area contributed by atoms with Crippen molar-refractivity contribution in [1.29, 1.82) is 0 Å². The normalized spacial score (nSPS) is 17.6. The van der Waals surface area contributed by atoms with Crippen LogP contribution in [0.15, 0.2) is 22.7 Å². The minimum absolute atomic E-state index is 0.0412. The van der Waals surface area contributed by atoms with E-state index in [1.54, 1.807) is 0 Å². The van der Waals surface area contributed by atoms with Crippen LogP contribution in [0.3, 0.4) is 0 Å². The Morgan fingerprint density at radius 1 is 1.13 bits per heavy atom. The van der Waals surface area contributed by atoms with Crippen LogP contribution in [0.25, 0.3) is 11.5 Å². The van der Waals surface area contributed by atoms with Gasteiger partial charge in [-0.2, -0.15) is 0 Å². The van der Waals surface area contributed by atoms with E-state index >= 15 is 0 Å². The van der Waals surface area contributed by atoms with Gasteiger partial charge in [-0.25, -0.2) is 14.6 Å². The SMILES string of the molecule is Cc1noc(C)c1C(C)c1nc(-c2cccc(N(C)C)n2)nn1C1CCC(C)(C)CC1. The van der Waals surface area contributed by atoms with Crippen LogP contribution in [0.1, 0.15) is 81.3 Å². The largest absolute Gasteiger partial charge is 0.363 e. The minimum Gasteiger partial charge on any atom is -0.363 e. The number of hydrogen-bond acceptors (Lipinski definition) is 6. The molecule has 0 spiro atoms. The van der Waals surface area contributed by atoms with Crippen molar-refractivity contribution in [2.75, 3.05) is 19.0 Å². The van der Waals surface area contributed by atoms with Crippen molar-refractivity contribution in [3.05, 3.63) is 41.0 Å². The van der Waals surface area contributed by atoms with E-state index < -0.39 is 0 Å². The lowest BCUT2D eigenvalue weighted by Crippen LogP contribution is -2.25. The second kappa shape index (κ2) is 8.09. The highest BCUT2D eigenvalue weighted by atomic mass is 16.5. The number of pyridine rings is 1. The molecule has 0 radical (unpaired) electrons. The molecule has 3 aromatic rings. The smallest absolute Gasteiger partial charge is 0.200 e. The summed E-state index contributed by atoms with van der Waals surface area (Å²) in [6.07, 6.45) is 4.62. The number of aromatic nitrogens is 5. The molecule has 31 heavy (non-hydrogen) atoms. The Kier molecular flexibility index (Phi) is 5.62. The zero-order valence-electron chi connectivity index (χ0n) is 19.8. The van der Waals surface area contributed by atoms with Crippen LogP contribution >= 0.6 is 0 Å².